The summed E-state index contributed by atoms with van der Waals surface area (Å²) in [6, 6.07) is 6.88. The summed E-state index contributed by atoms with van der Waals surface area (Å²) in [6.07, 6.45) is 0. The molecule has 0 radical (unpaired) electrons. The van der Waals surface area contributed by atoms with Crippen molar-refractivity contribution in [2.45, 2.75) is 5.88 Å². The molecule has 2 aromatic rings. The largest absolute Gasteiger partial charge is 0.422 e. The molecule has 4 heteroatoms. The lowest BCUT2D eigenvalue weighted by Crippen LogP contribution is -2.04. The molecule has 0 saturated carbocycles. The number of nitrogens with two attached hydrogens (primary N) is 1. The van der Waals surface area contributed by atoms with Gasteiger partial charge in [0.15, 0.2) is 0 Å². The van der Waals surface area contributed by atoms with E-state index in [1.54, 1.807) is 24.3 Å². The molecule has 14 heavy (non-hydrogen) atoms. The summed E-state index contributed by atoms with van der Waals surface area (Å²) in [4.78, 5) is 11.3. The lowest BCUT2D eigenvalue weighted by Gasteiger charge is -1.99. The van der Waals surface area contributed by atoms with Crippen LogP contribution in [0.4, 0.5) is 5.69 Å². The van der Waals surface area contributed by atoms with Gasteiger partial charge in [0.25, 0.3) is 0 Å². The van der Waals surface area contributed by atoms with Crippen molar-refractivity contribution >= 4 is 28.3 Å². The topological polar surface area (TPSA) is 56.2 Å². The lowest BCUT2D eigenvalue weighted by molar-refractivity contribution is 0.554. The Balaban J connectivity index is 2.79. The molecule has 2 rings (SSSR count). The van der Waals surface area contributed by atoms with Gasteiger partial charge in [-0.25, -0.2) is 4.79 Å². The fourth-order valence-electron chi connectivity index (χ4n) is 1.26. The third kappa shape index (κ3) is 1.46. The molecule has 1 aromatic heterocycles. The van der Waals surface area contributed by atoms with Gasteiger partial charge in [0.1, 0.15) is 5.58 Å². The fraction of sp³-hybridized carbons (Fsp3) is 0.100. The van der Waals surface area contributed by atoms with E-state index in [0.717, 1.165) is 5.39 Å². The van der Waals surface area contributed by atoms with Gasteiger partial charge < -0.3 is 10.2 Å². The highest BCUT2D eigenvalue weighted by Gasteiger charge is 2.03. The maximum absolute atomic E-state index is 11.3. The van der Waals surface area contributed by atoms with Crippen LogP contribution in [0.25, 0.3) is 11.0 Å². The Kier molecular flexibility index (Phi) is 2.17. The number of alkyl halides is 1. The smallest absolute Gasteiger partial charge is 0.340 e. The lowest BCUT2D eigenvalue weighted by atomic mass is 10.2. The molecule has 0 saturated heterocycles. The minimum Gasteiger partial charge on any atom is -0.422 e. The van der Waals surface area contributed by atoms with E-state index in [0.29, 0.717) is 16.8 Å². The predicted molar refractivity (Wildman–Crippen MR) is 56.5 cm³/mol. The van der Waals surface area contributed by atoms with Crippen LogP contribution in [-0.2, 0) is 5.88 Å². The summed E-state index contributed by atoms with van der Waals surface area (Å²) in [5.74, 6) is 0.155. The Morgan fingerprint density at radius 1 is 1.36 bits per heavy atom. The fourth-order valence-corrected chi connectivity index (χ4v) is 1.45. The van der Waals surface area contributed by atoms with Crippen molar-refractivity contribution in [1.82, 2.24) is 0 Å². The van der Waals surface area contributed by atoms with Gasteiger partial charge in [-0.3, -0.25) is 0 Å². The van der Waals surface area contributed by atoms with Crippen LogP contribution >= 0.6 is 11.6 Å². The number of hydrogen-bond acceptors (Lipinski definition) is 3. The molecule has 0 atom stereocenters. The monoisotopic (exact) mass is 209 g/mol. The number of nitrogen functional groups attached to an aromatic ring is 1. The van der Waals surface area contributed by atoms with Gasteiger partial charge in [-0.1, -0.05) is 0 Å². The molecule has 0 fully saturated rings. The molecule has 0 unspecified atom stereocenters. The second-order valence-corrected chi connectivity index (χ2v) is 3.26. The van der Waals surface area contributed by atoms with E-state index < -0.39 is 5.63 Å². The zero-order valence-electron chi connectivity index (χ0n) is 7.29. The molecule has 0 aliphatic heterocycles. The first-order valence-electron chi connectivity index (χ1n) is 4.09. The third-order valence-electron chi connectivity index (χ3n) is 1.98. The molecule has 0 bridgehead atoms. The molecule has 1 heterocycles. The van der Waals surface area contributed by atoms with Gasteiger partial charge in [-0.05, 0) is 18.2 Å². The van der Waals surface area contributed by atoms with Crippen molar-refractivity contribution in [3.05, 3.63) is 40.2 Å². The second kappa shape index (κ2) is 3.35. The normalized spacial score (nSPS) is 10.6. The van der Waals surface area contributed by atoms with Crippen LogP contribution in [-0.4, -0.2) is 0 Å². The van der Waals surface area contributed by atoms with Crippen LogP contribution in [0.15, 0.2) is 33.5 Å². The number of rotatable bonds is 1. The number of benzene rings is 1. The first-order valence-corrected chi connectivity index (χ1v) is 4.62. The van der Waals surface area contributed by atoms with Crippen LogP contribution in [0, 0.1) is 0 Å². The van der Waals surface area contributed by atoms with Gasteiger partial charge in [0, 0.05) is 17.1 Å². The van der Waals surface area contributed by atoms with Gasteiger partial charge in [-0.2, -0.15) is 0 Å². The average Bonchev–Trinajstić information content (AvgIpc) is 2.16. The zero-order chi connectivity index (χ0) is 10.1. The van der Waals surface area contributed by atoms with Crippen molar-refractivity contribution in [1.29, 1.82) is 0 Å². The van der Waals surface area contributed by atoms with Crippen LogP contribution < -0.4 is 11.4 Å². The Bertz CT molecular complexity index is 533. The van der Waals surface area contributed by atoms with Crippen molar-refractivity contribution in [2.24, 2.45) is 0 Å². The van der Waals surface area contributed by atoms with E-state index in [9.17, 15) is 4.79 Å². The second-order valence-electron chi connectivity index (χ2n) is 2.99. The summed E-state index contributed by atoms with van der Waals surface area (Å²) in [5, 5.41) is 0.828. The van der Waals surface area contributed by atoms with Gasteiger partial charge in [0.2, 0.25) is 0 Å². The summed E-state index contributed by atoms with van der Waals surface area (Å²) < 4.78 is 5.04. The Labute approximate surface area is 85.1 Å². The predicted octanol–water partition coefficient (Wildman–Crippen LogP) is 2.11. The van der Waals surface area contributed by atoms with Crippen LogP contribution in [0.1, 0.15) is 5.56 Å². The molecule has 72 valence electrons. The molecule has 0 amide bonds. The van der Waals surface area contributed by atoms with E-state index >= 15 is 0 Å². The molecule has 2 N–H and O–H groups in total. The molecular weight excluding hydrogens is 202 g/mol. The summed E-state index contributed by atoms with van der Waals surface area (Å²) in [7, 11) is 0. The number of anilines is 1. The molecule has 0 spiro atoms. The van der Waals surface area contributed by atoms with Crippen LogP contribution in [0.5, 0.6) is 0 Å². The Hall–Kier alpha value is -1.48. The standard InChI is InChI=1S/C10H8ClNO2/c11-5-7-3-6-1-2-8(12)4-9(6)14-10(7)13/h1-4H,5,12H2. The third-order valence-corrected chi connectivity index (χ3v) is 2.26. The first-order chi connectivity index (χ1) is 6.70. The molecular formula is C10H8ClNO2. The Morgan fingerprint density at radius 2 is 2.14 bits per heavy atom. The van der Waals surface area contributed by atoms with Crippen molar-refractivity contribution in [2.75, 3.05) is 5.73 Å². The first kappa shape index (κ1) is 9.09. The summed E-state index contributed by atoms with van der Waals surface area (Å²) in [6.45, 7) is 0. The van der Waals surface area contributed by atoms with E-state index in [1.807, 2.05) is 0 Å². The highest BCUT2D eigenvalue weighted by molar-refractivity contribution is 6.17. The van der Waals surface area contributed by atoms with Crippen LogP contribution in [0.2, 0.25) is 0 Å². The zero-order valence-corrected chi connectivity index (χ0v) is 8.04. The van der Waals surface area contributed by atoms with Crippen molar-refractivity contribution in [3.8, 4) is 0 Å². The summed E-state index contributed by atoms with van der Waals surface area (Å²) in [5.41, 5.74) is 6.67. The van der Waals surface area contributed by atoms with Gasteiger partial charge in [-0.15, -0.1) is 11.6 Å². The average molecular weight is 210 g/mol. The van der Waals surface area contributed by atoms with Gasteiger partial charge >= 0.3 is 5.63 Å². The van der Waals surface area contributed by atoms with Gasteiger partial charge in [0.05, 0.1) is 11.4 Å². The number of hydrogen-bond donors (Lipinski definition) is 1. The van der Waals surface area contributed by atoms with Crippen molar-refractivity contribution < 1.29 is 4.42 Å². The van der Waals surface area contributed by atoms with E-state index in [2.05, 4.69) is 0 Å². The summed E-state index contributed by atoms with van der Waals surface area (Å²) >= 11 is 5.58. The highest BCUT2D eigenvalue weighted by Crippen LogP contribution is 2.17. The van der Waals surface area contributed by atoms with E-state index in [1.165, 1.54) is 0 Å². The van der Waals surface area contributed by atoms with E-state index in [4.69, 9.17) is 21.8 Å². The molecule has 0 aliphatic rings. The quantitative estimate of drug-likeness (QED) is 0.445. The minimum absolute atomic E-state index is 0.155. The van der Waals surface area contributed by atoms with Crippen molar-refractivity contribution in [3.63, 3.8) is 0 Å². The minimum atomic E-state index is -0.405. The maximum atomic E-state index is 11.3. The molecule has 0 aliphatic carbocycles. The number of halogens is 1. The highest BCUT2D eigenvalue weighted by atomic mass is 35.5. The maximum Gasteiger partial charge on any atom is 0.340 e. The number of fused-ring (bicyclic) bond motifs is 1. The molecule has 3 nitrogen and oxygen atoms in total. The Morgan fingerprint density at radius 3 is 2.86 bits per heavy atom. The van der Waals surface area contributed by atoms with E-state index in [-0.39, 0.29) is 5.88 Å². The SMILES string of the molecule is Nc1ccc2cc(CCl)c(=O)oc2c1. The van der Waals surface area contributed by atoms with Crippen LogP contribution in [0.3, 0.4) is 0 Å². The molecule has 1 aromatic carbocycles.